The summed E-state index contributed by atoms with van der Waals surface area (Å²) < 4.78 is 0.757. The second-order valence-corrected chi connectivity index (χ2v) is 10.6. The van der Waals surface area contributed by atoms with Crippen molar-refractivity contribution in [1.29, 1.82) is 0 Å². The van der Waals surface area contributed by atoms with Crippen LogP contribution < -0.4 is 16.2 Å². The van der Waals surface area contributed by atoms with Gasteiger partial charge in [-0.1, -0.05) is 5.16 Å². The number of carbonyl (C=O) groups excluding carboxylic acids is 3. The lowest BCUT2D eigenvalue weighted by atomic mass is 10.0. The minimum absolute atomic E-state index is 0.0581. The number of thiazole rings is 1. The first-order valence-electron chi connectivity index (χ1n) is 10.6. The second-order valence-electron chi connectivity index (χ2n) is 8.58. The Hall–Kier alpha value is -2.64. The highest BCUT2D eigenvalue weighted by Gasteiger charge is 2.53. The maximum absolute atomic E-state index is 12.9. The smallest absolute Gasteiger partial charge is 0.276 e. The van der Waals surface area contributed by atoms with Crippen molar-refractivity contribution in [2.24, 2.45) is 5.16 Å². The minimum atomic E-state index is -1.36. The number of aliphatic carboxylic acids is 1. The molecule has 1 unspecified atom stereocenters. The van der Waals surface area contributed by atoms with Crippen LogP contribution in [0.25, 0.3) is 0 Å². The van der Waals surface area contributed by atoms with Crippen LogP contribution in [0.5, 0.6) is 0 Å². The molecule has 2 atom stereocenters. The van der Waals surface area contributed by atoms with Crippen LogP contribution in [-0.4, -0.2) is 88.8 Å². The summed E-state index contributed by atoms with van der Waals surface area (Å²) in [5.74, 6) is -2.05. The molecule has 0 aliphatic carbocycles. The number of aromatic nitrogens is 1. The molecule has 0 bridgehead atoms. The van der Waals surface area contributed by atoms with Crippen molar-refractivity contribution < 1.29 is 28.8 Å². The van der Waals surface area contributed by atoms with Crippen LogP contribution in [0.1, 0.15) is 25.0 Å². The van der Waals surface area contributed by atoms with Gasteiger partial charge < -0.3 is 30.3 Å². The summed E-state index contributed by atoms with van der Waals surface area (Å²) >= 11 is 2.58. The first-order valence-corrected chi connectivity index (χ1v) is 12.5. The number of likely N-dealkylation sites (N-methyl/N-ethyl adjacent to an activating group) is 1. The fourth-order valence-electron chi connectivity index (χ4n) is 4.59. The van der Waals surface area contributed by atoms with Crippen LogP contribution in [0.2, 0.25) is 0 Å². The first kappa shape index (κ1) is 23.5. The van der Waals surface area contributed by atoms with Crippen LogP contribution in [0, 0.1) is 0 Å². The van der Waals surface area contributed by atoms with Crippen molar-refractivity contribution in [1.82, 2.24) is 15.2 Å². The van der Waals surface area contributed by atoms with E-state index in [4.69, 9.17) is 10.6 Å². The van der Waals surface area contributed by atoms with Crippen LogP contribution in [0.4, 0.5) is 5.13 Å². The van der Waals surface area contributed by atoms with E-state index in [1.807, 2.05) is 0 Å². The Kier molecular flexibility index (Phi) is 6.64. The van der Waals surface area contributed by atoms with E-state index in [0.29, 0.717) is 17.9 Å². The summed E-state index contributed by atoms with van der Waals surface area (Å²) in [6.07, 6.45) is 3.39. The Balaban J connectivity index is 1.51. The zero-order valence-electron chi connectivity index (χ0n) is 18.4. The van der Waals surface area contributed by atoms with Crippen LogP contribution in [0.3, 0.4) is 0 Å². The quantitative estimate of drug-likeness (QED) is 0.215. The SMILES string of the molecule is CO/N=C(\C(=O)NC1C(=O)N2C(C(=O)[O-])=C(C[N+]3(C)CCCCC3)CS[C@@H]12)c1csc(N)n1. The summed E-state index contributed by atoms with van der Waals surface area (Å²) in [4.78, 5) is 47.8. The van der Waals surface area contributed by atoms with E-state index >= 15 is 0 Å². The van der Waals surface area contributed by atoms with Gasteiger partial charge in [0.25, 0.3) is 11.8 Å². The van der Waals surface area contributed by atoms with E-state index in [0.717, 1.165) is 41.8 Å². The normalized spacial score (nSPS) is 24.7. The molecule has 178 valence electrons. The number of nitrogens with two attached hydrogens (primary N) is 1. The van der Waals surface area contributed by atoms with Gasteiger partial charge in [-0.25, -0.2) is 4.98 Å². The van der Waals surface area contributed by atoms with Crippen molar-refractivity contribution in [2.45, 2.75) is 30.7 Å². The Labute approximate surface area is 199 Å². The lowest BCUT2D eigenvalue weighted by Crippen LogP contribution is -2.72. The van der Waals surface area contributed by atoms with Gasteiger partial charge >= 0.3 is 0 Å². The number of quaternary nitrogens is 1. The third-order valence-corrected chi connectivity index (χ3v) is 8.17. The standard InChI is InChI=1S/C20H26N6O5S2/c1-26(6-4-3-5-7-26)8-11-9-32-18-14(17(28)25(18)15(11)19(29)30)23-16(27)13(24-31-2)12-10-33-20(21)22-12/h10,14,18H,3-9H2,1-2H3,(H3-,21,22,23,27,29,30)/b24-13-/t14?,18-/m0/s1. The summed E-state index contributed by atoms with van der Waals surface area (Å²) in [6, 6.07) is -0.892. The van der Waals surface area contributed by atoms with Crippen molar-refractivity contribution in [3.8, 4) is 0 Å². The van der Waals surface area contributed by atoms with Gasteiger partial charge in [0.15, 0.2) is 10.8 Å². The Morgan fingerprint density at radius 2 is 2.12 bits per heavy atom. The van der Waals surface area contributed by atoms with Gasteiger partial charge in [0, 0.05) is 16.7 Å². The molecule has 13 heteroatoms. The molecule has 1 aromatic heterocycles. The number of amides is 2. The van der Waals surface area contributed by atoms with Gasteiger partial charge in [-0.15, -0.1) is 23.1 Å². The second kappa shape index (κ2) is 9.31. The molecule has 0 aromatic carbocycles. The van der Waals surface area contributed by atoms with Gasteiger partial charge in [-0.3, -0.25) is 14.5 Å². The van der Waals surface area contributed by atoms with E-state index in [1.54, 1.807) is 5.38 Å². The largest absolute Gasteiger partial charge is 0.543 e. The lowest BCUT2D eigenvalue weighted by Gasteiger charge is -2.51. The molecule has 1 aromatic rings. The molecule has 4 heterocycles. The number of nitrogens with zero attached hydrogens (tertiary/aromatic N) is 4. The molecular formula is C20H26N6O5S2. The third-order valence-electron chi connectivity index (χ3n) is 6.16. The average Bonchev–Trinajstić information content (AvgIpc) is 3.21. The number of hydrogen-bond donors (Lipinski definition) is 2. The third kappa shape index (κ3) is 4.57. The van der Waals surface area contributed by atoms with Gasteiger partial charge in [-0.05, 0) is 19.3 Å². The number of hydrogen-bond acceptors (Lipinski definition) is 10. The lowest BCUT2D eigenvalue weighted by molar-refractivity contribution is -0.909. The topological polar surface area (TPSA) is 150 Å². The molecule has 0 spiro atoms. The van der Waals surface area contributed by atoms with E-state index in [1.165, 1.54) is 30.2 Å². The van der Waals surface area contributed by atoms with Crippen LogP contribution in [-0.2, 0) is 19.2 Å². The fraction of sp³-hybridized carbons (Fsp3) is 0.550. The highest BCUT2D eigenvalue weighted by atomic mass is 32.2. The zero-order chi connectivity index (χ0) is 23.8. The molecule has 3 aliphatic rings. The fourth-order valence-corrected chi connectivity index (χ4v) is 6.47. The number of carbonyl (C=O) groups is 3. The van der Waals surface area contributed by atoms with Crippen molar-refractivity contribution >= 4 is 51.7 Å². The number of likely N-dealkylation sites (tertiary alicyclic amines) is 1. The molecule has 2 amide bonds. The molecule has 33 heavy (non-hydrogen) atoms. The van der Waals surface area contributed by atoms with Crippen molar-refractivity contribution in [3.63, 3.8) is 0 Å². The number of nitrogens with one attached hydrogen (secondary N) is 1. The monoisotopic (exact) mass is 494 g/mol. The van der Waals surface area contributed by atoms with Gasteiger partial charge in [-0.2, -0.15) is 0 Å². The number of fused-ring (bicyclic) bond motifs is 1. The Morgan fingerprint density at radius 3 is 2.73 bits per heavy atom. The van der Waals surface area contributed by atoms with Crippen LogP contribution in [0.15, 0.2) is 21.8 Å². The number of nitrogen functional groups attached to an aromatic ring is 1. The molecule has 3 N–H and O–H groups in total. The summed E-state index contributed by atoms with van der Waals surface area (Å²) in [7, 11) is 3.42. The maximum Gasteiger partial charge on any atom is 0.276 e. The van der Waals surface area contributed by atoms with E-state index in [9.17, 15) is 19.5 Å². The maximum atomic E-state index is 12.9. The van der Waals surface area contributed by atoms with Crippen molar-refractivity contribution in [2.75, 3.05) is 45.3 Å². The van der Waals surface area contributed by atoms with E-state index < -0.39 is 29.2 Å². The number of carboxylic acid groups (broad SMARTS) is 1. The summed E-state index contributed by atoms with van der Waals surface area (Å²) in [5, 5.41) is 19.7. The summed E-state index contributed by atoms with van der Waals surface area (Å²) in [6.45, 7) is 2.53. The molecular weight excluding hydrogens is 468 g/mol. The number of carboxylic acids is 1. The highest BCUT2D eigenvalue weighted by Crippen LogP contribution is 2.41. The minimum Gasteiger partial charge on any atom is -0.543 e. The predicted molar refractivity (Wildman–Crippen MR) is 122 cm³/mol. The summed E-state index contributed by atoms with van der Waals surface area (Å²) in [5.41, 5.74) is 6.41. The number of piperidine rings is 1. The van der Waals surface area contributed by atoms with Gasteiger partial charge in [0.2, 0.25) is 0 Å². The molecule has 11 nitrogen and oxygen atoms in total. The van der Waals surface area contributed by atoms with Gasteiger partial charge in [0.1, 0.15) is 30.8 Å². The number of oxime groups is 1. The molecule has 2 fully saturated rings. The van der Waals surface area contributed by atoms with Crippen LogP contribution >= 0.6 is 23.1 Å². The molecule has 4 rings (SSSR count). The Morgan fingerprint density at radius 1 is 1.39 bits per heavy atom. The van der Waals surface area contributed by atoms with E-state index in [-0.39, 0.29) is 22.2 Å². The number of thioether (sulfide) groups is 1. The first-order chi connectivity index (χ1) is 15.7. The van der Waals surface area contributed by atoms with Crippen molar-refractivity contribution in [3.05, 3.63) is 22.3 Å². The van der Waals surface area contributed by atoms with Gasteiger partial charge in [0.05, 0.1) is 31.8 Å². The number of β-lactam (4-membered cyclic amide) rings is 1. The molecule has 2 saturated heterocycles. The predicted octanol–water partition coefficient (Wildman–Crippen LogP) is -0.890. The number of anilines is 1. The Bertz CT molecular complexity index is 1030. The average molecular weight is 495 g/mol. The zero-order valence-corrected chi connectivity index (χ0v) is 20.0. The number of rotatable bonds is 7. The molecule has 0 radical (unpaired) electrons. The molecule has 0 saturated carbocycles. The van der Waals surface area contributed by atoms with E-state index in [2.05, 4.69) is 22.5 Å². The molecule has 3 aliphatic heterocycles. The highest BCUT2D eigenvalue weighted by molar-refractivity contribution is 8.00.